The minimum atomic E-state index is -0.336. The fourth-order valence-corrected chi connectivity index (χ4v) is 3.76. The molecule has 0 radical (unpaired) electrons. The van der Waals surface area contributed by atoms with Gasteiger partial charge in [-0.25, -0.2) is 9.82 Å². The standard InChI is InChI=1S/C23H24FN5O4S/c1-5-10-29-22(16-6-8-17(24)9-7-16)27-28-23(29)34-14-20(30)26-25-13-15-11-18(31-2)21(33-4)19(12-15)32-3/h5-9,11-13H,1,10,14H2,2-4H3,(H,26,30)/b25-13+. The molecule has 1 aromatic heterocycles. The van der Waals surface area contributed by atoms with E-state index in [1.807, 2.05) is 0 Å². The molecule has 9 nitrogen and oxygen atoms in total. The van der Waals surface area contributed by atoms with Crippen molar-refractivity contribution in [2.24, 2.45) is 5.10 Å². The molecule has 0 fully saturated rings. The first-order valence-corrected chi connectivity index (χ1v) is 11.0. The maximum Gasteiger partial charge on any atom is 0.250 e. The molecule has 178 valence electrons. The van der Waals surface area contributed by atoms with Crippen molar-refractivity contribution >= 4 is 23.9 Å². The number of hydrogen-bond donors (Lipinski definition) is 1. The van der Waals surface area contributed by atoms with Crippen molar-refractivity contribution < 1.29 is 23.4 Å². The van der Waals surface area contributed by atoms with Gasteiger partial charge in [-0.2, -0.15) is 5.10 Å². The van der Waals surface area contributed by atoms with Crippen LogP contribution >= 0.6 is 11.8 Å². The lowest BCUT2D eigenvalue weighted by atomic mass is 10.2. The summed E-state index contributed by atoms with van der Waals surface area (Å²) in [6.07, 6.45) is 3.17. The van der Waals surface area contributed by atoms with E-state index in [-0.39, 0.29) is 17.5 Å². The van der Waals surface area contributed by atoms with Crippen molar-refractivity contribution in [3.8, 4) is 28.6 Å². The third-order valence-electron chi connectivity index (χ3n) is 4.55. The van der Waals surface area contributed by atoms with Crippen LogP contribution in [-0.4, -0.2) is 54.0 Å². The molecule has 1 amide bonds. The predicted molar refractivity (Wildman–Crippen MR) is 128 cm³/mol. The second-order valence-corrected chi connectivity index (χ2v) is 7.70. The number of carbonyl (C=O) groups is 1. The van der Waals surface area contributed by atoms with E-state index < -0.39 is 0 Å². The monoisotopic (exact) mass is 485 g/mol. The van der Waals surface area contributed by atoms with Gasteiger partial charge in [-0.15, -0.1) is 16.8 Å². The maximum atomic E-state index is 13.2. The van der Waals surface area contributed by atoms with Crippen LogP contribution in [0.1, 0.15) is 5.56 Å². The number of hydrogen-bond acceptors (Lipinski definition) is 8. The minimum absolute atomic E-state index is 0.0608. The van der Waals surface area contributed by atoms with Crippen LogP contribution in [0.15, 0.2) is 59.3 Å². The highest BCUT2D eigenvalue weighted by Crippen LogP contribution is 2.37. The Hall–Kier alpha value is -3.86. The SMILES string of the molecule is C=CCn1c(SCC(=O)N/N=C/c2cc(OC)c(OC)c(OC)c2)nnc1-c1ccc(F)cc1. The highest BCUT2D eigenvalue weighted by molar-refractivity contribution is 7.99. The predicted octanol–water partition coefficient (Wildman–Crippen LogP) is 3.54. The molecule has 3 aromatic rings. The number of hydrazone groups is 1. The Labute approximate surface area is 200 Å². The third kappa shape index (κ3) is 5.93. The maximum absolute atomic E-state index is 13.2. The molecule has 0 aliphatic rings. The van der Waals surface area contributed by atoms with Crippen molar-refractivity contribution in [2.45, 2.75) is 11.7 Å². The van der Waals surface area contributed by atoms with E-state index in [0.717, 1.165) is 0 Å². The highest BCUT2D eigenvalue weighted by Gasteiger charge is 2.15. The van der Waals surface area contributed by atoms with Crippen molar-refractivity contribution in [3.63, 3.8) is 0 Å². The molecule has 0 aliphatic carbocycles. The number of amides is 1. The lowest BCUT2D eigenvalue weighted by Crippen LogP contribution is -2.20. The van der Waals surface area contributed by atoms with Gasteiger partial charge in [0.1, 0.15) is 5.82 Å². The number of thioether (sulfide) groups is 1. The van der Waals surface area contributed by atoms with Gasteiger partial charge >= 0.3 is 0 Å². The molecular formula is C23H24FN5O4S. The molecule has 0 saturated carbocycles. The lowest BCUT2D eigenvalue weighted by Gasteiger charge is -2.12. The molecule has 11 heteroatoms. The van der Waals surface area contributed by atoms with Crippen LogP contribution in [0, 0.1) is 5.82 Å². The van der Waals surface area contributed by atoms with Gasteiger partial charge in [-0.3, -0.25) is 9.36 Å². The molecule has 0 aliphatic heterocycles. The number of methoxy groups -OCH3 is 3. The van der Waals surface area contributed by atoms with Gasteiger partial charge in [0, 0.05) is 17.7 Å². The quantitative estimate of drug-likeness (QED) is 0.192. The van der Waals surface area contributed by atoms with Crippen molar-refractivity contribution in [1.82, 2.24) is 20.2 Å². The topological polar surface area (TPSA) is 99.9 Å². The zero-order valence-electron chi connectivity index (χ0n) is 18.9. The summed E-state index contributed by atoms with van der Waals surface area (Å²) in [6.45, 7) is 4.19. The minimum Gasteiger partial charge on any atom is -0.493 e. The van der Waals surface area contributed by atoms with Crippen molar-refractivity contribution in [3.05, 3.63) is 60.4 Å². The number of allylic oxidation sites excluding steroid dienone is 1. The Morgan fingerprint density at radius 1 is 1.15 bits per heavy atom. The van der Waals surface area contributed by atoms with E-state index in [1.54, 1.807) is 34.9 Å². The van der Waals surface area contributed by atoms with E-state index in [2.05, 4.69) is 27.3 Å². The molecule has 2 aromatic carbocycles. The number of rotatable bonds is 11. The van der Waals surface area contributed by atoms with E-state index >= 15 is 0 Å². The van der Waals surface area contributed by atoms with Gasteiger partial charge in [0.15, 0.2) is 22.5 Å². The summed E-state index contributed by atoms with van der Waals surface area (Å²) in [5.41, 5.74) is 3.84. The van der Waals surface area contributed by atoms with Crippen LogP contribution in [0.25, 0.3) is 11.4 Å². The molecule has 1 N–H and O–H groups in total. The van der Waals surface area contributed by atoms with E-state index in [1.165, 1.54) is 51.4 Å². The molecule has 0 spiro atoms. The molecule has 0 atom stereocenters. The Bertz CT molecular complexity index is 1160. The lowest BCUT2D eigenvalue weighted by molar-refractivity contribution is -0.118. The van der Waals surface area contributed by atoms with Gasteiger partial charge in [0.25, 0.3) is 5.91 Å². The number of halogens is 1. The van der Waals surface area contributed by atoms with Gasteiger partial charge in [-0.05, 0) is 36.4 Å². The first kappa shape index (κ1) is 24.8. The van der Waals surface area contributed by atoms with Crippen LogP contribution in [0.3, 0.4) is 0 Å². The summed E-state index contributed by atoms with van der Waals surface area (Å²) >= 11 is 1.20. The van der Waals surface area contributed by atoms with Gasteiger partial charge in [0.2, 0.25) is 5.75 Å². The molecule has 0 unspecified atom stereocenters. The van der Waals surface area contributed by atoms with Gasteiger partial charge in [0.05, 0.1) is 33.3 Å². The number of nitrogens with zero attached hydrogens (tertiary/aromatic N) is 4. The molecule has 0 saturated heterocycles. The van der Waals surface area contributed by atoms with Crippen LogP contribution in [0.2, 0.25) is 0 Å². The average Bonchev–Trinajstić information content (AvgIpc) is 3.25. The van der Waals surface area contributed by atoms with E-state index in [0.29, 0.717) is 45.9 Å². The van der Waals surface area contributed by atoms with Crippen LogP contribution in [-0.2, 0) is 11.3 Å². The Kier molecular flexibility index (Phi) is 8.63. The Morgan fingerprint density at radius 3 is 2.41 bits per heavy atom. The second kappa shape index (κ2) is 11.8. The average molecular weight is 486 g/mol. The van der Waals surface area contributed by atoms with Crippen LogP contribution in [0.5, 0.6) is 17.2 Å². The summed E-state index contributed by atoms with van der Waals surface area (Å²) < 4.78 is 31.0. The summed E-state index contributed by atoms with van der Waals surface area (Å²) in [5, 5.41) is 12.9. The number of aromatic nitrogens is 3. The zero-order valence-corrected chi connectivity index (χ0v) is 19.8. The van der Waals surface area contributed by atoms with Crippen molar-refractivity contribution in [2.75, 3.05) is 27.1 Å². The van der Waals surface area contributed by atoms with Crippen molar-refractivity contribution in [1.29, 1.82) is 0 Å². The van der Waals surface area contributed by atoms with Gasteiger partial charge in [-0.1, -0.05) is 17.8 Å². The largest absolute Gasteiger partial charge is 0.493 e. The number of ether oxygens (including phenoxy) is 3. The third-order valence-corrected chi connectivity index (χ3v) is 5.52. The highest BCUT2D eigenvalue weighted by atomic mass is 32.2. The fraction of sp³-hybridized carbons (Fsp3) is 0.217. The fourth-order valence-electron chi connectivity index (χ4n) is 3.02. The normalized spacial score (nSPS) is 10.8. The number of carbonyl (C=O) groups excluding carboxylic acids is 1. The molecule has 0 bridgehead atoms. The zero-order chi connectivity index (χ0) is 24.5. The summed E-state index contributed by atoms with van der Waals surface area (Å²) in [6, 6.07) is 9.37. The summed E-state index contributed by atoms with van der Waals surface area (Å²) in [4.78, 5) is 12.3. The summed E-state index contributed by atoms with van der Waals surface area (Å²) in [7, 11) is 4.55. The molecule has 1 heterocycles. The first-order chi connectivity index (χ1) is 16.5. The van der Waals surface area contributed by atoms with E-state index in [4.69, 9.17) is 14.2 Å². The molecule has 3 rings (SSSR count). The smallest absolute Gasteiger partial charge is 0.250 e. The second-order valence-electron chi connectivity index (χ2n) is 6.75. The first-order valence-electron chi connectivity index (χ1n) is 10.1. The Morgan fingerprint density at radius 2 is 1.82 bits per heavy atom. The van der Waals surface area contributed by atoms with Crippen LogP contribution < -0.4 is 19.6 Å². The van der Waals surface area contributed by atoms with Crippen LogP contribution in [0.4, 0.5) is 4.39 Å². The number of benzene rings is 2. The molecule has 34 heavy (non-hydrogen) atoms. The molecular weight excluding hydrogens is 461 g/mol. The van der Waals surface area contributed by atoms with E-state index in [9.17, 15) is 9.18 Å². The van der Waals surface area contributed by atoms with Gasteiger partial charge < -0.3 is 14.2 Å². The Balaban J connectivity index is 1.65. The summed E-state index contributed by atoms with van der Waals surface area (Å²) in [5.74, 6) is 1.37. The number of nitrogens with one attached hydrogen (secondary N) is 1.